The van der Waals surface area contributed by atoms with E-state index in [1.807, 2.05) is 29.6 Å². The van der Waals surface area contributed by atoms with Crippen molar-refractivity contribution >= 4 is 44.1 Å². The van der Waals surface area contributed by atoms with Gasteiger partial charge in [0, 0.05) is 27.8 Å². The third-order valence-corrected chi connectivity index (χ3v) is 4.82. The third kappa shape index (κ3) is 3.97. The largest absolute Gasteiger partial charge is 0.462 e. The van der Waals surface area contributed by atoms with Crippen LogP contribution in [-0.4, -0.2) is 28.5 Å². The van der Waals surface area contributed by atoms with Gasteiger partial charge in [0.2, 0.25) is 0 Å². The fourth-order valence-corrected chi connectivity index (χ4v) is 3.66. The van der Waals surface area contributed by atoms with Crippen molar-refractivity contribution < 1.29 is 14.3 Å². The summed E-state index contributed by atoms with van der Waals surface area (Å²) in [5.74, 6) is -0.926. The number of esters is 1. The molecule has 26 heavy (non-hydrogen) atoms. The molecule has 0 aliphatic carbocycles. The van der Waals surface area contributed by atoms with Gasteiger partial charge in [-0.1, -0.05) is 28.1 Å². The molecule has 0 spiro atoms. The average molecular weight is 432 g/mol. The van der Waals surface area contributed by atoms with Crippen LogP contribution in [0.1, 0.15) is 27.8 Å². The molecule has 2 heterocycles. The minimum absolute atomic E-state index is 0.166. The molecule has 3 rings (SSSR count). The van der Waals surface area contributed by atoms with Crippen LogP contribution in [0.3, 0.4) is 0 Å². The summed E-state index contributed by atoms with van der Waals surface area (Å²) in [5.41, 5.74) is 2.04. The first kappa shape index (κ1) is 18.2. The summed E-state index contributed by atoms with van der Waals surface area (Å²) >= 11 is 4.69. The predicted octanol–water partition coefficient (Wildman–Crippen LogP) is 4.40. The highest BCUT2D eigenvalue weighted by Gasteiger charge is 2.23. The van der Waals surface area contributed by atoms with E-state index in [0.717, 1.165) is 10.0 Å². The van der Waals surface area contributed by atoms with Crippen LogP contribution < -0.4 is 5.32 Å². The van der Waals surface area contributed by atoms with Crippen LogP contribution in [0.4, 0.5) is 5.00 Å². The molecule has 0 fully saturated rings. The number of aromatic nitrogens is 2. The van der Waals surface area contributed by atoms with E-state index in [9.17, 15) is 9.59 Å². The number of carbonyl (C=O) groups is 2. The van der Waals surface area contributed by atoms with Crippen molar-refractivity contribution in [2.75, 3.05) is 11.9 Å². The Labute approximate surface area is 162 Å². The van der Waals surface area contributed by atoms with Gasteiger partial charge in [-0.2, -0.15) is 0 Å². The molecule has 0 bridgehead atoms. The minimum atomic E-state index is -0.488. The number of amides is 1. The Bertz CT molecular complexity index is 944. The van der Waals surface area contributed by atoms with Gasteiger partial charge >= 0.3 is 5.97 Å². The summed E-state index contributed by atoms with van der Waals surface area (Å²) in [6.07, 6.45) is 4.28. The van der Waals surface area contributed by atoms with Crippen molar-refractivity contribution in [3.8, 4) is 11.1 Å². The maximum Gasteiger partial charge on any atom is 0.341 e. The lowest BCUT2D eigenvalue weighted by Gasteiger charge is -2.08. The molecule has 8 heteroatoms. The molecule has 6 nitrogen and oxygen atoms in total. The highest BCUT2D eigenvalue weighted by Crippen LogP contribution is 2.37. The maximum atomic E-state index is 12.5. The molecule has 0 saturated carbocycles. The Morgan fingerprint density at radius 3 is 2.85 bits per heavy atom. The molecule has 1 amide bonds. The molecule has 0 radical (unpaired) electrons. The van der Waals surface area contributed by atoms with Gasteiger partial charge in [0.25, 0.3) is 5.91 Å². The number of carbonyl (C=O) groups excluding carboxylic acids is 2. The molecular formula is C18H14BrN3O3S. The minimum Gasteiger partial charge on any atom is -0.462 e. The number of anilines is 1. The lowest BCUT2D eigenvalue weighted by Crippen LogP contribution is -2.16. The lowest BCUT2D eigenvalue weighted by molar-refractivity contribution is 0.0529. The zero-order chi connectivity index (χ0) is 18.5. The van der Waals surface area contributed by atoms with Gasteiger partial charge in [0.05, 0.1) is 12.8 Å². The Morgan fingerprint density at radius 2 is 2.15 bits per heavy atom. The average Bonchev–Trinajstić information content (AvgIpc) is 3.06. The SMILES string of the molecule is CCOC(=O)c1c(-c2cccc(Br)c2)csc1NC(=O)c1cnccn1. The number of nitrogens with zero attached hydrogens (tertiary/aromatic N) is 2. The molecule has 3 aromatic rings. The number of thiophene rings is 1. The molecule has 0 saturated heterocycles. The van der Waals surface area contributed by atoms with Crippen LogP contribution in [0.25, 0.3) is 11.1 Å². The van der Waals surface area contributed by atoms with Crippen LogP contribution in [0.2, 0.25) is 0 Å². The van der Waals surface area contributed by atoms with E-state index in [-0.39, 0.29) is 12.3 Å². The van der Waals surface area contributed by atoms with E-state index in [1.165, 1.54) is 29.9 Å². The van der Waals surface area contributed by atoms with E-state index in [4.69, 9.17) is 4.74 Å². The van der Waals surface area contributed by atoms with Gasteiger partial charge in [0.15, 0.2) is 0 Å². The number of nitrogens with one attached hydrogen (secondary N) is 1. The second-order valence-corrected chi connectivity index (χ2v) is 6.92. The Balaban J connectivity index is 2.00. The van der Waals surface area contributed by atoms with Gasteiger partial charge < -0.3 is 10.1 Å². The molecule has 132 valence electrons. The van der Waals surface area contributed by atoms with Crippen molar-refractivity contribution in [2.45, 2.75) is 6.92 Å². The zero-order valence-electron chi connectivity index (χ0n) is 13.7. The quantitative estimate of drug-likeness (QED) is 0.605. The summed E-state index contributed by atoms with van der Waals surface area (Å²) < 4.78 is 6.07. The zero-order valence-corrected chi connectivity index (χ0v) is 16.1. The van der Waals surface area contributed by atoms with E-state index >= 15 is 0 Å². The van der Waals surface area contributed by atoms with Crippen LogP contribution >= 0.6 is 27.3 Å². The Morgan fingerprint density at radius 1 is 1.31 bits per heavy atom. The van der Waals surface area contributed by atoms with Gasteiger partial charge in [-0.3, -0.25) is 9.78 Å². The molecule has 0 atom stereocenters. The van der Waals surface area contributed by atoms with Crippen LogP contribution in [0.15, 0.2) is 52.7 Å². The highest BCUT2D eigenvalue weighted by atomic mass is 79.9. The first-order valence-electron chi connectivity index (χ1n) is 7.72. The molecule has 0 unspecified atom stereocenters. The molecule has 2 aromatic heterocycles. The second kappa shape index (κ2) is 8.20. The van der Waals surface area contributed by atoms with Crippen molar-refractivity contribution in [1.29, 1.82) is 0 Å². The van der Waals surface area contributed by atoms with E-state index in [2.05, 4.69) is 31.2 Å². The first-order valence-corrected chi connectivity index (χ1v) is 9.39. The smallest absolute Gasteiger partial charge is 0.341 e. The van der Waals surface area contributed by atoms with Crippen LogP contribution in [0, 0.1) is 0 Å². The number of rotatable bonds is 5. The molecular weight excluding hydrogens is 418 g/mol. The summed E-state index contributed by atoms with van der Waals surface area (Å²) in [6, 6.07) is 7.57. The van der Waals surface area contributed by atoms with E-state index < -0.39 is 11.9 Å². The van der Waals surface area contributed by atoms with Crippen molar-refractivity contribution in [2.24, 2.45) is 0 Å². The Hall–Kier alpha value is -2.58. The number of benzene rings is 1. The van der Waals surface area contributed by atoms with Gasteiger partial charge in [-0.15, -0.1) is 11.3 Å². The number of hydrogen-bond donors (Lipinski definition) is 1. The van der Waals surface area contributed by atoms with Gasteiger partial charge in [-0.25, -0.2) is 9.78 Å². The number of halogens is 1. The van der Waals surface area contributed by atoms with Crippen molar-refractivity contribution in [1.82, 2.24) is 9.97 Å². The summed E-state index contributed by atoms with van der Waals surface area (Å²) in [4.78, 5) is 32.7. The van der Waals surface area contributed by atoms with Gasteiger partial charge in [-0.05, 0) is 24.6 Å². The summed E-state index contributed by atoms with van der Waals surface area (Å²) in [5, 5.41) is 4.97. The summed E-state index contributed by atoms with van der Waals surface area (Å²) in [6.45, 7) is 1.98. The molecule has 0 aliphatic rings. The monoisotopic (exact) mass is 431 g/mol. The van der Waals surface area contributed by atoms with E-state index in [0.29, 0.717) is 16.1 Å². The first-order chi connectivity index (χ1) is 12.6. The molecule has 1 N–H and O–H groups in total. The standard InChI is InChI=1S/C18H14BrN3O3S/c1-2-25-18(24)15-13(11-4-3-5-12(19)8-11)10-26-17(15)22-16(23)14-9-20-6-7-21-14/h3-10H,2H2,1H3,(H,22,23). The fraction of sp³-hybridized carbons (Fsp3) is 0.111. The molecule has 1 aromatic carbocycles. The predicted molar refractivity (Wildman–Crippen MR) is 103 cm³/mol. The van der Waals surface area contributed by atoms with Gasteiger partial charge in [0.1, 0.15) is 16.3 Å². The third-order valence-electron chi connectivity index (χ3n) is 3.43. The van der Waals surface area contributed by atoms with Crippen molar-refractivity contribution in [3.05, 3.63) is 64.0 Å². The molecule has 0 aliphatic heterocycles. The fourth-order valence-electron chi connectivity index (χ4n) is 2.31. The summed E-state index contributed by atoms with van der Waals surface area (Å²) in [7, 11) is 0. The number of ether oxygens (including phenoxy) is 1. The van der Waals surface area contributed by atoms with Crippen LogP contribution in [0.5, 0.6) is 0 Å². The van der Waals surface area contributed by atoms with E-state index in [1.54, 1.807) is 6.92 Å². The second-order valence-electron chi connectivity index (χ2n) is 5.13. The van der Waals surface area contributed by atoms with Crippen molar-refractivity contribution in [3.63, 3.8) is 0 Å². The number of hydrogen-bond acceptors (Lipinski definition) is 6. The lowest BCUT2D eigenvalue weighted by atomic mass is 10.0. The van der Waals surface area contributed by atoms with Crippen LogP contribution in [-0.2, 0) is 4.74 Å². The maximum absolute atomic E-state index is 12.5. The Kier molecular flexibility index (Phi) is 5.75. The normalized spacial score (nSPS) is 10.4. The highest BCUT2D eigenvalue weighted by molar-refractivity contribution is 9.10. The topological polar surface area (TPSA) is 81.2 Å².